The first-order chi connectivity index (χ1) is 21.1. The third-order valence-corrected chi connectivity index (χ3v) is 9.01. The Morgan fingerprint density at radius 2 is 2.02 bits per heavy atom. The van der Waals surface area contributed by atoms with Gasteiger partial charge in [-0.15, -0.1) is 0 Å². The Labute approximate surface area is 250 Å². The van der Waals surface area contributed by atoms with Gasteiger partial charge in [0.15, 0.2) is 5.75 Å². The van der Waals surface area contributed by atoms with Gasteiger partial charge in [0.1, 0.15) is 23.8 Å². The van der Waals surface area contributed by atoms with Crippen molar-refractivity contribution in [2.75, 3.05) is 46.9 Å². The molecule has 4 aromatic rings. The number of fused-ring (bicyclic) bond motifs is 2. The summed E-state index contributed by atoms with van der Waals surface area (Å²) in [5.41, 5.74) is 5.04. The Bertz CT molecular complexity index is 1690. The lowest BCUT2D eigenvalue weighted by molar-refractivity contribution is 0.187. The number of H-pyrrole nitrogens is 1. The Hall–Kier alpha value is -3.98. The lowest BCUT2D eigenvalue weighted by Gasteiger charge is -2.29. The van der Waals surface area contributed by atoms with Crippen molar-refractivity contribution in [3.63, 3.8) is 0 Å². The van der Waals surface area contributed by atoms with Crippen LogP contribution in [0.3, 0.4) is 0 Å². The van der Waals surface area contributed by atoms with E-state index in [4.69, 9.17) is 24.2 Å². The van der Waals surface area contributed by atoms with Crippen LogP contribution in [0.25, 0.3) is 32.9 Å². The number of likely N-dealkylation sites (tertiary alicyclic amines) is 1. The van der Waals surface area contributed by atoms with Crippen molar-refractivity contribution >= 4 is 21.8 Å². The Kier molecular flexibility index (Phi) is 7.51. The Morgan fingerprint density at radius 1 is 1.14 bits per heavy atom. The van der Waals surface area contributed by atoms with Crippen molar-refractivity contribution in [1.29, 1.82) is 5.26 Å². The third kappa shape index (κ3) is 5.24. The van der Waals surface area contributed by atoms with Gasteiger partial charge in [0, 0.05) is 48.1 Å². The topological polar surface area (TPSA) is 133 Å². The molecule has 7 rings (SSSR count). The van der Waals surface area contributed by atoms with E-state index >= 15 is 0 Å². The van der Waals surface area contributed by atoms with Crippen molar-refractivity contribution < 1.29 is 14.2 Å². The molecule has 3 N–H and O–H groups in total. The number of hydrogen-bond donors (Lipinski definition) is 3. The molecule has 4 heterocycles. The van der Waals surface area contributed by atoms with Crippen LogP contribution in [0.1, 0.15) is 42.9 Å². The van der Waals surface area contributed by atoms with Crippen LogP contribution in [0.15, 0.2) is 24.4 Å². The van der Waals surface area contributed by atoms with E-state index in [1.807, 2.05) is 18.3 Å². The van der Waals surface area contributed by atoms with E-state index in [-0.39, 0.29) is 18.2 Å². The molecule has 11 heteroatoms. The summed E-state index contributed by atoms with van der Waals surface area (Å²) in [6.45, 7) is 5.92. The maximum atomic E-state index is 10.5. The third-order valence-electron chi connectivity index (χ3n) is 9.01. The first-order valence-electron chi connectivity index (χ1n) is 15.2. The highest BCUT2D eigenvalue weighted by Gasteiger charge is 2.34. The van der Waals surface area contributed by atoms with Gasteiger partial charge in [-0.05, 0) is 63.9 Å². The normalized spacial score (nSPS) is 21.6. The average Bonchev–Trinajstić information content (AvgIpc) is 3.55. The number of benzene rings is 2. The molecule has 224 valence electrons. The number of likely N-dealkylation sites (N-methyl/N-ethyl adjacent to an activating group) is 1. The number of aromatic nitrogens is 4. The summed E-state index contributed by atoms with van der Waals surface area (Å²) < 4.78 is 19.2. The number of aromatic amines is 1. The molecule has 3 atom stereocenters. The van der Waals surface area contributed by atoms with Crippen LogP contribution < -0.4 is 24.8 Å². The molecule has 2 aromatic carbocycles. The molecule has 3 aliphatic rings. The summed E-state index contributed by atoms with van der Waals surface area (Å²) in [5, 5.41) is 26.6. The van der Waals surface area contributed by atoms with E-state index in [2.05, 4.69) is 51.8 Å². The molecule has 1 saturated carbocycles. The van der Waals surface area contributed by atoms with Crippen LogP contribution in [0.2, 0.25) is 0 Å². The van der Waals surface area contributed by atoms with Crippen LogP contribution in [-0.2, 0) is 0 Å². The number of nitriles is 1. The smallest absolute Gasteiger partial charge is 0.317 e. The second kappa shape index (κ2) is 11.6. The molecule has 3 fully saturated rings. The lowest BCUT2D eigenvalue weighted by Crippen LogP contribution is -2.51. The fraction of sp³-hybridized carbons (Fsp3) is 0.500. The largest absolute Gasteiger partial charge is 0.496 e. The monoisotopic (exact) mass is 582 g/mol. The number of methoxy groups -OCH3 is 1. The fourth-order valence-electron chi connectivity index (χ4n) is 6.45. The van der Waals surface area contributed by atoms with Crippen molar-refractivity contribution in [1.82, 2.24) is 35.7 Å². The van der Waals surface area contributed by atoms with E-state index in [1.165, 1.54) is 0 Å². The predicted octanol–water partition coefficient (Wildman–Crippen LogP) is 3.67. The summed E-state index contributed by atoms with van der Waals surface area (Å²) in [7, 11) is 3.79. The van der Waals surface area contributed by atoms with Gasteiger partial charge in [0.25, 0.3) is 0 Å². The molecular weight excluding hydrogens is 544 g/mol. The van der Waals surface area contributed by atoms with Crippen LogP contribution in [0.4, 0.5) is 0 Å². The summed E-state index contributed by atoms with van der Waals surface area (Å²) in [4.78, 5) is 12.3. The number of piperazine rings is 1. The van der Waals surface area contributed by atoms with E-state index < -0.39 is 5.92 Å². The number of ether oxygens (including phenoxy) is 3. The number of hydrogen-bond acceptors (Lipinski definition) is 10. The molecule has 0 radical (unpaired) electrons. The minimum atomic E-state index is -0.543. The molecule has 0 spiro atoms. The molecule has 0 amide bonds. The van der Waals surface area contributed by atoms with E-state index in [1.54, 1.807) is 7.11 Å². The van der Waals surface area contributed by atoms with Crippen LogP contribution in [0, 0.1) is 18.3 Å². The minimum absolute atomic E-state index is 0.0869. The number of rotatable bonds is 9. The Morgan fingerprint density at radius 3 is 2.74 bits per heavy atom. The number of nitrogens with one attached hydrogen (secondary N) is 3. The first kappa shape index (κ1) is 27.8. The van der Waals surface area contributed by atoms with Gasteiger partial charge >= 0.3 is 6.01 Å². The SMILES string of the molecule is COc1cc2c(C(C#N)C3CNCCN3)nc(OC[C@@H]3CCCN3C)nc2c(OC2CC2)c1-c1c(C)ccc2[nH]ncc12. The highest BCUT2D eigenvalue weighted by Crippen LogP contribution is 2.49. The molecule has 11 nitrogen and oxygen atoms in total. The first-order valence-corrected chi connectivity index (χ1v) is 15.2. The summed E-state index contributed by atoms with van der Waals surface area (Å²) in [6, 6.07) is 9.07. The lowest BCUT2D eigenvalue weighted by atomic mass is 9.90. The maximum absolute atomic E-state index is 10.5. The second-order valence-corrected chi connectivity index (χ2v) is 11.9. The van der Waals surface area contributed by atoms with Crippen molar-refractivity contribution in [2.24, 2.45) is 0 Å². The van der Waals surface area contributed by atoms with E-state index in [0.717, 1.165) is 78.3 Å². The highest BCUT2D eigenvalue weighted by atomic mass is 16.5. The molecule has 2 aromatic heterocycles. The predicted molar refractivity (Wildman–Crippen MR) is 164 cm³/mol. The molecule has 1 aliphatic carbocycles. The molecule has 2 aliphatic heterocycles. The standard InChI is InChI=1S/C32H38N8O3/c1-18-6-9-24-23(15-36-39-24)27(18)28-26(41-3)13-21-29(22(14-33)25-16-34-10-11-35-25)37-32(42-17-19-5-4-12-40(19)2)38-30(21)31(28)43-20-7-8-20/h6,9,13,15,19-20,22,25,34-35H,4-5,7-8,10-12,16-17H2,1-3H3,(H,36,39)/t19-,22?,25?/m0/s1. The van der Waals surface area contributed by atoms with Crippen LogP contribution >= 0.6 is 0 Å². The van der Waals surface area contributed by atoms with Crippen molar-refractivity contribution in [2.45, 2.75) is 56.7 Å². The number of aryl methyl sites for hydroxylation is 1. The highest BCUT2D eigenvalue weighted by molar-refractivity contribution is 6.05. The summed E-state index contributed by atoms with van der Waals surface area (Å²) in [5.74, 6) is 0.724. The molecule has 2 unspecified atom stereocenters. The summed E-state index contributed by atoms with van der Waals surface area (Å²) in [6.07, 6.45) is 6.09. The van der Waals surface area contributed by atoms with Crippen molar-refractivity contribution in [3.8, 4) is 34.7 Å². The zero-order chi connectivity index (χ0) is 29.5. The second-order valence-electron chi connectivity index (χ2n) is 11.9. The molecule has 43 heavy (non-hydrogen) atoms. The number of nitrogens with zero attached hydrogens (tertiary/aromatic N) is 5. The zero-order valence-electron chi connectivity index (χ0n) is 24.9. The molecule has 0 bridgehead atoms. The maximum Gasteiger partial charge on any atom is 0.317 e. The minimum Gasteiger partial charge on any atom is -0.496 e. The van der Waals surface area contributed by atoms with Gasteiger partial charge in [0.2, 0.25) is 0 Å². The van der Waals surface area contributed by atoms with Gasteiger partial charge < -0.3 is 29.7 Å². The van der Waals surface area contributed by atoms with E-state index in [9.17, 15) is 5.26 Å². The molecular formula is C32H38N8O3. The van der Waals surface area contributed by atoms with Gasteiger partial charge in [-0.3, -0.25) is 5.10 Å². The fourth-order valence-corrected chi connectivity index (χ4v) is 6.45. The zero-order valence-corrected chi connectivity index (χ0v) is 24.9. The van der Waals surface area contributed by atoms with Gasteiger partial charge in [0.05, 0.1) is 42.3 Å². The molecule has 2 saturated heterocycles. The van der Waals surface area contributed by atoms with Gasteiger partial charge in [-0.25, -0.2) is 0 Å². The van der Waals surface area contributed by atoms with E-state index in [0.29, 0.717) is 41.9 Å². The van der Waals surface area contributed by atoms with Crippen LogP contribution in [0.5, 0.6) is 17.5 Å². The average molecular weight is 583 g/mol. The Balaban J connectivity index is 1.47. The van der Waals surface area contributed by atoms with Gasteiger partial charge in [-0.2, -0.15) is 20.3 Å². The summed E-state index contributed by atoms with van der Waals surface area (Å²) >= 11 is 0. The van der Waals surface area contributed by atoms with Crippen LogP contribution in [-0.4, -0.2) is 90.2 Å². The van der Waals surface area contributed by atoms with Gasteiger partial charge in [-0.1, -0.05) is 6.07 Å². The quantitative estimate of drug-likeness (QED) is 0.268. The van der Waals surface area contributed by atoms with Crippen molar-refractivity contribution in [3.05, 3.63) is 35.7 Å².